The molecule has 1 unspecified atom stereocenters. The number of aryl methyl sites for hydroxylation is 1. The van der Waals surface area contributed by atoms with Crippen molar-refractivity contribution in [3.05, 3.63) is 59.7 Å². The first-order valence-corrected chi connectivity index (χ1v) is 10.9. The van der Waals surface area contributed by atoms with E-state index in [2.05, 4.69) is 5.32 Å². The summed E-state index contributed by atoms with van der Waals surface area (Å²) >= 11 is 0. The monoisotopic (exact) mass is 416 g/mol. The number of ether oxygens (including phenoxy) is 1. The molecular formula is C21H24N2O5S. The van der Waals surface area contributed by atoms with E-state index >= 15 is 0 Å². The first-order chi connectivity index (χ1) is 13.8. The summed E-state index contributed by atoms with van der Waals surface area (Å²) in [6.45, 7) is 4.45. The molecule has 0 aliphatic carbocycles. The van der Waals surface area contributed by atoms with Crippen molar-refractivity contribution in [1.29, 1.82) is 0 Å². The SMILES string of the molecule is Cc1ccc(NC(=O)C(C)OC(=O)c2ccc(S(=O)(=O)N3CCCC3)cc2)cc1. The number of anilines is 1. The van der Waals surface area contributed by atoms with Crippen LogP contribution >= 0.6 is 0 Å². The molecule has 1 aliphatic rings. The number of esters is 1. The van der Waals surface area contributed by atoms with Gasteiger partial charge < -0.3 is 10.1 Å². The lowest BCUT2D eigenvalue weighted by Gasteiger charge is -2.16. The second-order valence-electron chi connectivity index (χ2n) is 7.04. The summed E-state index contributed by atoms with van der Waals surface area (Å²) in [6.07, 6.45) is 0.704. The van der Waals surface area contributed by atoms with Crippen molar-refractivity contribution < 1.29 is 22.7 Å². The Morgan fingerprint density at radius 3 is 2.17 bits per heavy atom. The predicted molar refractivity (Wildman–Crippen MR) is 109 cm³/mol. The topological polar surface area (TPSA) is 92.8 Å². The quantitative estimate of drug-likeness (QED) is 0.731. The molecule has 1 amide bonds. The fourth-order valence-corrected chi connectivity index (χ4v) is 4.52. The minimum absolute atomic E-state index is 0.140. The molecule has 0 saturated carbocycles. The Hall–Kier alpha value is -2.71. The highest BCUT2D eigenvalue weighted by Crippen LogP contribution is 2.21. The van der Waals surface area contributed by atoms with E-state index in [0.717, 1.165) is 18.4 Å². The zero-order valence-electron chi connectivity index (χ0n) is 16.4. The molecule has 3 rings (SSSR count). The van der Waals surface area contributed by atoms with Gasteiger partial charge in [0.15, 0.2) is 6.10 Å². The fraction of sp³-hybridized carbons (Fsp3) is 0.333. The number of benzene rings is 2. The van der Waals surface area contributed by atoms with Crippen LogP contribution in [0.4, 0.5) is 5.69 Å². The highest BCUT2D eigenvalue weighted by atomic mass is 32.2. The molecule has 2 aromatic rings. The summed E-state index contributed by atoms with van der Waals surface area (Å²) in [6, 6.07) is 12.8. The lowest BCUT2D eigenvalue weighted by atomic mass is 10.2. The van der Waals surface area contributed by atoms with Crippen LogP contribution in [0.5, 0.6) is 0 Å². The van der Waals surface area contributed by atoms with E-state index in [4.69, 9.17) is 4.74 Å². The third kappa shape index (κ3) is 5.02. The average Bonchev–Trinajstić information content (AvgIpc) is 3.25. The molecule has 1 aliphatic heterocycles. The lowest BCUT2D eigenvalue weighted by molar-refractivity contribution is -0.123. The molecule has 1 fully saturated rings. The van der Waals surface area contributed by atoms with Crippen molar-refractivity contribution >= 4 is 27.6 Å². The maximum atomic E-state index is 12.5. The summed E-state index contributed by atoms with van der Waals surface area (Å²) in [7, 11) is -3.54. The van der Waals surface area contributed by atoms with Crippen molar-refractivity contribution in [3.8, 4) is 0 Å². The van der Waals surface area contributed by atoms with Crippen LogP contribution in [0.25, 0.3) is 0 Å². The van der Waals surface area contributed by atoms with Crippen LogP contribution in [0.1, 0.15) is 35.7 Å². The average molecular weight is 416 g/mol. The van der Waals surface area contributed by atoms with Gasteiger partial charge in [-0.2, -0.15) is 4.31 Å². The fourth-order valence-electron chi connectivity index (χ4n) is 3.00. The van der Waals surface area contributed by atoms with Crippen LogP contribution < -0.4 is 5.32 Å². The number of carbonyl (C=O) groups is 2. The molecule has 2 aromatic carbocycles. The number of nitrogens with zero attached hydrogens (tertiary/aromatic N) is 1. The molecule has 1 heterocycles. The Balaban J connectivity index is 1.61. The van der Waals surface area contributed by atoms with Crippen molar-refractivity contribution in [2.24, 2.45) is 0 Å². The first-order valence-electron chi connectivity index (χ1n) is 9.46. The third-order valence-corrected chi connectivity index (χ3v) is 6.68. The Kier molecular flexibility index (Phi) is 6.34. The van der Waals surface area contributed by atoms with Gasteiger partial charge in [0.25, 0.3) is 5.91 Å². The normalized spacial score (nSPS) is 15.7. The third-order valence-electron chi connectivity index (χ3n) is 4.76. The molecule has 0 radical (unpaired) electrons. The minimum atomic E-state index is -3.54. The van der Waals surface area contributed by atoms with E-state index in [0.29, 0.717) is 18.8 Å². The van der Waals surface area contributed by atoms with Gasteiger partial charge in [0.1, 0.15) is 0 Å². The molecule has 0 spiro atoms. The number of carbonyl (C=O) groups excluding carboxylic acids is 2. The van der Waals surface area contributed by atoms with E-state index in [1.165, 1.54) is 35.5 Å². The maximum absolute atomic E-state index is 12.5. The molecule has 29 heavy (non-hydrogen) atoms. The molecule has 1 N–H and O–H groups in total. The molecule has 0 bridgehead atoms. The number of nitrogens with one attached hydrogen (secondary N) is 1. The summed E-state index contributed by atoms with van der Waals surface area (Å²) in [4.78, 5) is 24.7. The van der Waals surface area contributed by atoms with Gasteiger partial charge in [0, 0.05) is 18.8 Å². The van der Waals surface area contributed by atoms with Crippen molar-refractivity contribution in [2.45, 2.75) is 37.7 Å². The van der Waals surface area contributed by atoms with Crippen LogP contribution in [0, 0.1) is 6.92 Å². The first kappa shape index (κ1) is 21.0. The van der Waals surface area contributed by atoms with Crippen molar-refractivity contribution in [2.75, 3.05) is 18.4 Å². The lowest BCUT2D eigenvalue weighted by Crippen LogP contribution is -2.30. The van der Waals surface area contributed by atoms with E-state index in [9.17, 15) is 18.0 Å². The van der Waals surface area contributed by atoms with Gasteiger partial charge in [0.2, 0.25) is 10.0 Å². The van der Waals surface area contributed by atoms with Crippen LogP contribution in [0.15, 0.2) is 53.4 Å². The number of sulfonamides is 1. The second kappa shape index (κ2) is 8.75. The van der Waals surface area contributed by atoms with Gasteiger partial charge in [-0.05, 0) is 63.1 Å². The molecular weight excluding hydrogens is 392 g/mol. The summed E-state index contributed by atoms with van der Waals surface area (Å²) < 4.78 is 31.7. The molecule has 0 aromatic heterocycles. The summed E-state index contributed by atoms with van der Waals surface area (Å²) in [5.41, 5.74) is 1.86. The Morgan fingerprint density at radius 1 is 1.00 bits per heavy atom. The van der Waals surface area contributed by atoms with Crippen molar-refractivity contribution in [1.82, 2.24) is 4.31 Å². The van der Waals surface area contributed by atoms with Gasteiger partial charge in [-0.1, -0.05) is 17.7 Å². The van der Waals surface area contributed by atoms with Crippen LogP contribution in [-0.2, 0) is 19.6 Å². The minimum Gasteiger partial charge on any atom is -0.449 e. The highest BCUT2D eigenvalue weighted by Gasteiger charge is 2.27. The molecule has 1 atom stereocenters. The van der Waals surface area contributed by atoms with Gasteiger partial charge >= 0.3 is 5.97 Å². The van der Waals surface area contributed by atoms with E-state index in [1.807, 2.05) is 19.1 Å². The second-order valence-corrected chi connectivity index (χ2v) is 8.98. The summed E-state index contributed by atoms with van der Waals surface area (Å²) in [5.74, 6) is -1.14. The Morgan fingerprint density at radius 2 is 1.59 bits per heavy atom. The summed E-state index contributed by atoms with van der Waals surface area (Å²) in [5, 5.41) is 2.68. The molecule has 8 heteroatoms. The Labute approximate surface area is 170 Å². The van der Waals surface area contributed by atoms with Crippen LogP contribution in [-0.4, -0.2) is 43.8 Å². The smallest absolute Gasteiger partial charge is 0.338 e. The highest BCUT2D eigenvalue weighted by molar-refractivity contribution is 7.89. The zero-order chi connectivity index (χ0) is 21.0. The molecule has 7 nitrogen and oxygen atoms in total. The number of rotatable bonds is 6. The van der Waals surface area contributed by atoms with Crippen LogP contribution in [0.2, 0.25) is 0 Å². The number of hydrogen-bond donors (Lipinski definition) is 1. The standard InChI is InChI=1S/C21H24N2O5S/c1-15-5-9-18(10-6-15)22-20(24)16(2)28-21(25)17-7-11-19(12-8-17)29(26,27)23-13-3-4-14-23/h5-12,16H,3-4,13-14H2,1-2H3,(H,22,24). The largest absolute Gasteiger partial charge is 0.449 e. The van der Waals surface area contributed by atoms with Gasteiger partial charge in [-0.15, -0.1) is 0 Å². The molecule has 154 valence electrons. The maximum Gasteiger partial charge on any atom is 0.338 e. The Bertz CT molecular complexity index is 979. The van der Waals surface area contributed by atoms with Crippen LogP contribution in [0.3, 0.4) is 0 Å². The van der Waals surface area contributed by atoms with Gasteiger partial charge in [0.05, 0.1) is 10.5 Å². The van der Waals surface area contributed by atoms with Crippen molar-refractivity contribution in [3.63, 3.8) is 0 Å². The van der Waals surface area contributed by atoms with Gasteiger partial charge in [-0.25, -0.2) is 13.2 Å². The zero-order valence-corrected chi connectivity index (χ0v) is 17.2. The predicted octanol–water partition coefficient (Wildman–Crippen LogP) is 2.96. The van der Waals surface area contributed by atoms with Gasteiger partial charge in [-0.3, -0.25) is 4.79 Å². The molecule has 1 saturated heterocycles. The van der Waals surface area contributed by atoms with E-state index in [1.54, 1.807) is 12.1 Å². The van der Waals surface area contributed by atoms with E-state index < -0.39 is 28.0 Å². The number of amides is 1. The van der Waals surface area contributed by atoms with E-state index in [-0.39, 0.29) is 10.5 Å². The number of hydrogen-bond acceptors (Lipinski definition) is 5.